The Morgan fingerprint density at radius 2 is 2.04 bits per heavy atom. The molecule has 2 aliphatic rings. The van der Waals surface area contributed by atoms with E-state index in [1.54, 1.807) is 18.3 Å². The van der Waals surface area contributed by atoms with E-state index >= 15 is 0 Å². The molecular formula is C18H24ClFN4. The maximum atomic E-state index is 13.9. The number of benzene rings is 1. The van der Waals surface area contributed by atoms with Gasteiger partial charge in [0.15, 0.2) is 0 Å². The summed E-state index contributed by atoms with van der Waals surface area (Å²) in [6, 6.07) is 7.70. The molecule has 6 heteroatoms. The minimum absolute atomic E-state index is 0. The van der Waals surface area contributed by atoms with Gasteiger partial charge in [-0.2, -0.15) is 0 Å². The van der Waals surface area contributed by atoms with Gasteiger partial charge in [-0.1, -0.05) is 6.07 Å². The van der Waals surface area contributed by atoms with E-state index in [9.17, 15) is 4.39 Å². The number of pyridine rings is 1. The van der Waals surface area contributed by atoms with Crippen molar-refractivity contribution < 1.29 is 4.39 Å². The summed E-state index contributed by atoms with van der Waals surface area (Å²) in [6.45, 7) is 7.34. The third-order valence-corrected chi connectivity index (χ3v) is 5.10. The van der Waals surface area contributed by atoms with Crippen LogP contribution in [0.3, 0.4) is 0 Å². The molecule has 3 heterocycles. The molecule has 24 heavy (non-hydrogen) atoms. The lowest BCUT2D eigenvalue weighted by Gasteiger charge is -2.37. The summed E-state index contributed by atoms with van der Waals surface area (Å²) in [5, 5.41) is 4.33. The Kier molecular flexibility index (Phi) is 5.66. The highest BCUT2D eigenvalue weighted by atomic mass is 35.5. The highest BCUT2D eigenvalue weighted by Crippen LogP contribution is 2.21. The van der Waals surface area contributed by atoms with Gasteiger partial charge in [0.25, 0.3) is 0 Å². The molecular weight excluding hydrogens is 327 g/mol. The fraction of sp³-hybridized carbons (Fsp3) is 0.500. The molecule has 1 atom stereocenters. The molecule has 1 aromatic carbocycles. The molecule has 0 saturated carbocycles. The predicted octanol–water partition coefficient (Wildman–Crippen LogP) is 2.28. The number of nitrogens with one attached hydrogen (secondary N) is 1. The first kappa shape index (κ1) is 17.5. The lowest BCUT2D eigenvalue weighted by Crippen LogP contribution is -2.50. The molecule has 0 amide bonds. The van der Waals surface area contributed by atoms with Gasteiger partial charge < -0.3 is 5.32 Å². The van der Waals surface area contributed by atoms with Crippen LogP contribution in [0.25, 0.3) is 10.9 Å². The smallest absolute Gasteiger partial charge is 0.124 e. The number of piperazine rings is 1. The molecule has 4 nitrogen and oxygen atoms in total. The molecule has 1 unspecified atom stereocenters. The van der Waals surface area contributed by atoms with Crippen molar-refractivity contribution in [3.05, 3.63) is 41.8 Å². The van der Waals surface area contributed by atoms with Gasteiger partial charge in [-0.05, 0) is 36.7 Å². The number of hydrogen-bond acceptors (Lipinski definition) is 4. The van der Waals surface area contributed by atoms with Crippen LogP contribution < -0.4 is 5.32 Å². The number of halogens is 2. The molecule has 2 aliphatic heterocycles. The maximum absolute atomic E-state index is 13.9. The molecule has 1 aromatic heterocycles. The van der Waals surface area contributed by atoms with Crippen molar-refractivity contribution in [3.63, 3.8) is 0 Å². The first-order valence-corrected chi connectivity index (χ1v) is 8.50. The number of rotatable bonds is 3. The van der Waals surface area contributed by atoms with E-state index < -0.39 is 0 Å². The monoisotopic (exact) mass is 350 g/mol. The van der Waals surface area contributed by atoms with E-state index in [0.717, 1.165) is 62.3 Å². The normalized spacial score (nSPS) is 22.6. The van der Waals surface area contributed by atoms with Gasteiger partial charge >= 0.3 is 0 Å². The van der Waals surface area contributed by atoms with Crippen LogP contribution in [0.1, 0.15) is 12.0 Å². The number of hydrogen-bond donors (Lipinski definition) is 1. The average molecular weight is 351 g/mol. The molecule has 2 fully saturated rings. The Hall–Kier alpha value is -1.27. The Bertz CT molecular complexity index is 682. The van der Waals surface area contributed by atoms with Crippen LogP contribution in [0.15, 0.2) is 30.5 Å². The third kappa shape index (κ3) is 3.70. The Morgan fingerprint density at radius 1 is 1.21 bits per heavy atom. The van der Waals surface area contributed by atoms with E-state index in [4.69, 9.17) is 0 Å². The van der Waals surface area contributed by atoms with E-state index in [-0.39, 0.29) is 18.2 Å². The van der Waals surface area contributed by atoms with Crippen molar-refractivity contribution >= 4 is 23.3 Å². The minimum Gasteiger partial charge on any atom is -0.315 e. The zero-order valence-corrected chi connectivity index (χ0v) is 14.6. The first-order chi connectivity index (χ1) is 11.3. The zero-order valence-electron chi connectivity index (χ0n) is 13.7. The van der Waals surface area contributed by atoms with Crippen molar-refractivity contribution in [3.8, 4) is 0 Å². The summed E-state index contributed by atoms with van der Waals surface area (Å²) in [6.07, 6.45) is 3.05. The SMILES string of the molecule is Cl.Fc1cc(CN2CCN(C3CCNC3)CC2)c2ncccc2c1. The van der Waals surface area contributed by atoms with Gasteiger partial charge in [0.2, 0.25) is 0 Å². The first-order valence-electron chi connectivity index (χ1n) is 8.50. The average Bonchev–Trinajstić information content (AvgIpc) is 3.10. The summed E-state index contributed by atoms with van der Waals surface area (Å²) in [4.78, 5) is 9.47. The highest BCUT2D eigenvalue weighted by molar-refractivity contribution is 5.85. The van der Waals surface area contributed by atoms with Crippen molar-refractivity contribution in [1.29, 1.82) is 0 Å². The number of aromatic nitrogens is 1. The molecule has 2 saturated heterocycles. The van der Waals surface area contributed by atoms with E-state index in [1.807, 2.05) is 12.1 Å². The van der Waals surface area contributed by atoms with Gasteiger partial charge in [-0.15, -0.1) is 12.4 Å². The molecule has 0 radical (unpaired) electrons. The van der Waals surface area contributed by atoms with Crippen molar-refractivity contribution in [2.45, 2.75) is 19.0 Å². The molecule has 130 valence electrons. The van der Waals surface area contributed by atoms with Crippen molar-refractivity contribution in [1.82, 2.24) is 20.1 Å². The number of fused-ring (bicyclic) bond motifs is 1. The predicted molar refractivity (Wildman–Crippen MR) is 97.1 cm³/mol. The minimum atomic E-state index is -0.170. The van der Waals surface area contributed by atoms with Crippen LogP contribution in [-0.4, -0.2) is 60.1 Å². The summed E-state index contributed by atoms with van der Waals surface area (Å²) >= 11 is 0. The fourth-order valence-corrected chi connectivity index (χ4v) is 3.83. The summed E-state index contributed by atoms with van der Waals surface area (Å²) in [7, 11) is 0. The Morgan fingerprint density at radius 3 is 2.79 bits per heavy atom. The van der Waals surface area contributed by atoms with Gasteiger partial charge in [-0.3, -0.25) is 14.8 Å². The van der Waals surface area contributed by atoms with Crippen molar-refractivity contribution in [2.24, 2.45) is 0 Å². The second kappa shape index (κ2) is 7.74. The molecule has 2 aromatic rings. The molecule has 0 spiro atoms. The van der Waals surface area contributed by atoms with Crippen LogP contribution in [0.4, 0.5) is 4.39 Å². The number of nitrogens with zero attached hydrogens (tertiary/aromatic N) is 3. The van der Waals surface area contributed by atoms with Crippen LogP contribution in [0.2, 0.25) is 0 Å². The largest absolute Gasteiger partial charge is 0.315 e. The van der Waals surface area contributed by atoms with Crippen LogP contribution in [0.5, 0.6) is 0 Å². The molecule has 0 aliphatic carbocycles. The molecule has 0 bridgehead atoms. The Balaban J connectivity index is 0.00000169. The summed E-state index contributed by atoms with van der Waals surface area (Å²) in [5.41, 5.74) is 1.92. The summed E-state index contributed by atoms with van der Waals surface area (Å²) in [5.74, 6) is -0.170. The standard InChI is InChI=1S/C18H23FN4.ClH/c19-16-10-14-2-1-4-21-18(14)15(11-16)13-22-6-8-23(9-7-22)17-3-5-20-12-17;/h1-2,4,10-11,17,20H,3,5-9,12-13H2;1H. The van der Waals surface area contributed by atoms with E-state index in [0.29, 0.717) is 6.04 Å². The van der Waals surface area contributed by atoms with Crippen LogP contribution in [-0.2, 0) is 6.54 Å². The van der Waals surface area contributed by atoms with Gasteiger partial charge in [-0.25, -0.2) is 4.39 Å². The highest BCUT2D eigenvalue weighted by Gasteiger charge is 2.26. The quantitative estimate of drug-likeness (QED) is 0.920. The van der Waals surface area contributed by atoms with Crippen molar-refractivity contribution in [2.75, 3.05) is 39.3 Å². The second-order valence-corrected chi connectivity index (χ2v) is 6.60. The third-order valence-electron chi connectivity index (χ3n) is 5.10. The van der Waals surface area contributed by atoms with E-state index in [2.05, 4.69) is 20.1 Å². The van der Waals surface area contributed by atoms with Gasteiger partial charge in [0, 0.05) is 56.9 Å². The fourth-order valence-electron chi connectivity index (χ4n) is 3.83. The van der Waals surface area contributed by atoms with E-state index in [1.165, 1.54) is 6.42 Å². The summed E-state index contributed by atoms with van der Waals surface area (Å²) < 4.78 is 13.9. The Labute approximate surface area is 148 Å². The van der Waals surface area contributed by atoms with Crippen LogP contribution in [0, 0.1) is 5.82 Å². The maximum Gasteiger partial charge on any atom is 0.124 e. The lowest BCUT2D eigenvalue weighted by atomic mass is 10.1. The lowest BCUT2D eigenvalue weighted by molar-refractivity contribution is 0.0983. The van der Waals surface area contributed by atoms with Gasteiger partial charge in [0.1, 0.15) is 5.82 Å². The van der Waals surface area contributed by atoms with Crippen LogP contribution >= 0.6 is 12.4 Å². The molecule has 1 N–H and O–H groups in total. The topological polar surface area (TPSA) is 31.4 Å². The second-order valence-electron chi connectivity index (χ2n) is 6.60. The zero-order chi connectivity index (χ0) is 15.6. The van der Waals surface area contributed by atoms with Gasteiger partial charge in [0.05, 0.1) is 5.52 Å². The molecule has 4 rings (SSSR count).